The average Bonchev–Trinajstić information content (AvgIpc) is 2.44. The van der Waals surface area contributed by atoms with Gasteiger partial charge >= 0.3 is 0 Å². The summed E-state index contributed by atoms with van der Waals surface area (Å²) in [7, 11) is -3.06. The lowest BCUT2D eigenvalue weighted by molar-refractivity contribution is 0.330. The molecule has 19 heavy (non-hydrogen) atoms. The summed E-state index contributed by atoms with van der Waals surface area (Å²) in [6, 6.07) is 8.25. The summed E-state index contributed by atoms with van der Waals surface area (Å²) in [5, 5.41) is 3.69. The maximum absolute atomic E-state index is 12.1. The van der Waals surface area contributed by atoms with Gasteiger partial charge in [0.25, 0.3) is 0 Å². The number of rotatable bonds is 2. The molecular formula is C15H21NO2S. The number of hydrogen-bond acceptors (Lipinski definition) is 3. The Morgan fingerprint density at radius 2 is 1.74 bits per heavy atom. The van der Waals surface area contributed by atoms with Crippen molar-refractivity contribution in [2.45, 2.75) is 55.5 Å². The van der Waals surface area contributed by atoms with Crippen LogP contribution in [0.4, 0.5) is 0 Å². The summed E-state index contributed by atoms with van der Waals surface area (Å²) in [5.74, 6) is 0.272. The zero-order valence-corrected chi connectivity index (χ0v) is 12.0. The molecule has 3 nitrogen and oxygen atoms in total. The highest BCUT2D eigenvalue weighted by atomic mass is 32.2. The highest BCUT2D eigenvalue weighted by Gasteiger charge is 2.31. The number of fused-ring (bicyclic) bond motifs is 1. The molecule has 1 atom stereocenters. The SMILES string of the molecule is O=S1(=O)CCC(NC2CCCCC2)c2ccccc21. The van der Waals surface area contributed by atoms with Crippen LogP contribution in [0.3, 0.4) is 0 Å². The van der Waals surface area contributed by atoms with E-state index in [1.165, 1.54) is 32.1 Å². The van der Waals surface area contributed by atoms with Gasteiger partial charge in [0.2, 0.25) is 0 Å². The third kappa shape index (κ3) is 2.70. The summed E-state index contributed by atoms with van der Waals surface area (Å²) < 4.78 is 24.2. The quantitative estimate of drug-likeness (QED) is 0.905. The summed E-state index contributed by atoms with van der Waals surface area (Å²) >= 11 is 0. The van der Waals surface area contributed by atoms with E-state index in [0.717, 1.165) is 5.56 Å². The normalized spacial score (nSPS) is 26.8. The van der Waals surface area contributed by atoms with E-state index in [9.17, 15) is 8.42 Å². The van der Waals surface area contributed by atoms with E-state index >= 15 is 0 Å². The number of hydrogen-bond donors (Lipinski definition) is 1. The fraction of sp³-hybridized carbons (Fsp3) is 0.600. The summed E-state index contributed by atoms with van der Waals surface area (Å²) in [6.45, 7) is 0. The molecule has 0 aromatic heterocycles. The Hall–Kier alpha value is -0.870. The largest absolute Gasteiger partial charge is 0.307 e. The van der Waals surface area contributed by atoms with E-state index in [1.807, 2.05) is 18.2 Å². The van der Waals surface area contributed by atoms with E-state index in [2.05, 4.69) is 5.32 Å². The zero-order valence-electron chi connectivity index (χ0n) is 11.1. The van der Waals surface area contributed by atoms with Crippen LogP contribution in [0, 0.1) is 0 Å². The minimum absolute atomic E-state index is 0.211. The summed E-state index contributed by atoms with van der Waals surface area (Å²) in [4.78, 5) is 0.537. The molecule has 1 heterocycles. The molecule has 0 radical (unpaired) electrons. The summed E-state index contributed by atoms with van der Waals surface area (Å²) in [6.07, 6.45) is 7.09. The van der Waals surface area contributed by atoms with E-state index in [0.29, 0.717) is 17.4 Å². The Labute approximate surface area is 115 Å². The molecule has 1 unspecified atom stereocenters. The molecule has 1 fully saturated rings. The van der Waals surface area contributed by atoms with Crippen molar-refractivity contribution in [2.24, 2.45) is 0 Å². The van der Waals surface area contributed by atoms with E-state index in [-0.39, 0.29) is 11.8 Å². The lowest BCUT2D eigenvalue weighted by atomic mass is 9.93. The van der Waals surface area contributed by atoms with Gasteiger partial charge < -0.3 is 5.32 Å². The molecule has 1 aliphatic carbocycles. The van der Waals surface area contributed by atoms with Gasteiger partial charge in [-0.1, -0.05) is 37.5 Å². The first-order valence-corrected chi connectivity index (χ1v) is 8.90. The van der Waals surface area contributed by atoms with E-state index in [1.54, 1.807) is 6.07 Å². The van der Waals surface area contributed by atoms with Crippen LogP contribution < -0.4 is 5.32 Å². The van der Waals surface area contributed by atoms with Crippen molar-refractivity contribution >= 4 is 9.84 Å². The van der Waals surface area contributed by atoms with Crippen LogP contribution in [0.1, 0.15) is 50.1 Å². The second kappa shape index (κ2) is 5.25. The fourth-order valence-electron chi connectivity index (χ4n) is 3.32. The van der Waals surface area contributed by atoms with Crippen LogP contribution in [0.2, 0.25) is 0 Å². The van der Waals surface area contributed by atoms with Gasteiger partial charge in [0.05, 0.1) is 10.6 Å². The van der Waals surface area contributed by atoms with Gasteiger partial charge in [-0.15, -0.1) is 0 Å². The van der Waals surface area contributed by atoms with Gasteiger partial charge in [-0.25, -0.2) is 8.42 Å². The maximum atomic E-state index is 12.1. The second-order valence-electron chi connectivity index (χ2n) is 5.70. The Morgan fingerprint density at radius 3 is 2.53 bits per heavy atom. The van der Waals surface area contributed by atoms with Gasteiger partial charge in [0.1, 0.15) is 0 Å². The first-order valence-electron chi connectivity index (χ1n) is 7.24. The standard InChI is InChI=1S/C15H21NO2S/c17-19(18)11-10-14(13-8-4-5-9-15(13)19)16-12-6-2-1-3-7-12/h4-5,8-9,12,14,16H,1-3,6-7,10-11H2. The van der Waals surface area contributed by atoms with Crippen molar-refractivity contribution in [1.29, 1.82) is 0 Å². The third-order valence-corrected chi connectivity index (χ3v) is 6.16. The van der Waals surface area contributed by atoms with Crippen molar-refractivity contribution < 1.29 is 8.42 Å². The molecule has 4 heteroatoms. The maximum Gasteiger partial charge on any atom is 0.178 e. The smallest absolute Gasteiger partial charge is 0.178 e. The van der Waals surface area contributed by atoms with Crippen LogP contribution in [0.5, 0.6) is 0 Å². The van der Waals surface area contributed by atoms with Crippen molar-refractivity contribution in [2.75, 3.05) is 5.75 Å². The Morgan fingerprint density at radius 1 is 1.00 bits per heavy atom. The van der Waals surface area contributed by atoms with Crippen molar-refractivity contribution in [3.63, 3.8) is 0 Å². The predicted octanol–water partition coefficient (Wildman–Crippen LogP) is 2.83. The molecule has 0 saturated heterocycles. The first-order chi connectivity index (χ1) is 9.17. The first kappa shape index (κ1) is 13.1. The molecular weight excluding hydrogens is 258 g/mol. The molecule has 1 aliphatic heterocycles. The van der Waals surface area contributed by atoms with Gasteiger partial charge in [-0.3, -0.25) is 0 Å². The number of benzene rings is 1. The van der Waals surface area contributed by atoms with Crippen molar-refractivity contribution in [1.82, 2.24) is 5.32 Å². The molecule has 1 saturated carbocycles. The van der Waals surface area contributed by atoms with Crippen LogP contribution >= 0.6 is 0 Å². The lowest BCUT2D eigenvalue weighted by Crippen LogP contribution is -2.37. The molecule has 0 amide bonds. The fourth-order valence-corrected chi connectivity index (χ4v) is 4.94. The minimum Gasteiger partial charge on any atom is -0.307 e. The van der Waals surface area contributed by atoms with Gasteiger partial charge in [-0.2, -0.15) is 0 Å². The van der Waals surface area contributed by atoms with E-state index in [4.69, 9.17) is 0 Å². The Bertz CT molecular complexity index is 547. The van der Waals surface area contributed by atoms with Crippen LogP contribution in [-0.4, -0.2) is 20.2 Å². The molecule has 3 rings (SSSR count). The Balaban J connectivity index is 1.84. The average molecular weight is 279 g/mol. The molecule has 1 N–H and O–H groups in total. The van der Waals surface area contributed by atoms with E-state index < -0.39 is 9.84 Å². The second-order valence-corrected chi connectivity index (χ2v) is 7.78. The predicted molar refractivity (Wildman–Crippen MR) is 75.9 cm³/mol. The topological polar surface area (TPSA) is 46.2 Å². The van der Waals surface area contributed by atoms with Crippen molar-refractivity contribution in [3.05, 3.63) is 29.8 Å². The zero-order chi connectivity index (χ0) is 13.3. The minimum atomic E-state index is -3.06. The van der Waals surface area contributed by atoms with Crippen LogP contribution in [0.25, 0.3) is 0 Å². The van der Waals surface area contributed by atoms with Gasteiger partial charge in [0.15, 0.2) is 9.84 Å². The molecule has 104 valence electrons. The molecule has 1 aromatic rings. The third-order valence-electron chi connectivity index (χ3n) is 4.35. The number of sulfone groups is 1. The molecule has 1 aromatic carbocycles. The monoisotopic (exact) mass is 279 g/mol. The summed E-state index contributed by atoms with van der Waals surface area (Å²) in [5.41, 5.74) is 0.972. The van der Waals surface area contributed by atoms with Crippen LogP contribution in [0.15, 0.2) is 29.2 Å². The van der Waals surface area contributed by atoms with Crippen molar-refractivity contribution in [3.8, 4) is 0 Å². The molecule has 0 bridgehead atoms. The lowest BCUT2D eigenvalue weighted by Gasteiger charge is -2.32. The molecule has 0 spiro atoms. The number of nitrogens with one attached hydrogen (secondary N) is 1. The van der Waals surface area contributed by atoms with Crippen LogP contribution in [-0.2, 0) is 9.84 Å². The van der Waals surface area contributed by atoms with Gasteiger partial charge in [0, 0.05) is 12.1 Å². The Kier molecular flexibility index (Phi) is 3.63. The highest BCUT2D eigenvalue weighted by Crippen LogP contribution is 2.33. The van der Waals surface area contributed by atoms with Gasteiger partial charge in [-0.05, 0) is 30.9 Å². The molecule has 2 aliphatic rings. The highest BCUT2D eigenvalue weighted by molar-refractivity contribution is 7.91.